The first-order valence-corrected chi connectivity index (χ1v) is 10.2. The van der Waals surface area contributed by atoms with Crippen molar-refractivity contribution in [2.45, 2.75) is 33.1 Å². The molecule has 1 heterocycles. The summed E-state index contributed by atoms with van der Waals surface area (Å²) in [6, 6.07) is 14.1. The van der Waals surface area contributed by atoms with E-state index in [9.17, 15) is 14.4 Å². The topological polar surface area (TPSA) is 85.6 Å². The third kappa shape index (κ3) is 5.69. The second kappa shape index (κ2) is 9.89. The minimum Gasteiger partial charge on any atom is -0.423 e. The summed E-state index contributed by atoms with van der Waals surface area (Å²) in [5.74, 6) is -0.342. The molecule has 0 fully saturated rings. The molecule has 0 saturated carbocycles. The number of amides is 1. The van der Waals surface area contributed by atoms with E-state index in [4.69, 9.17) is 9.15 Å². The van der Waals surface area contributed by atoms with Gasteiger partial charge < -0.3 is 14.5 Å². The Morgan fingerprint density at radius 1 is 1.10 bits per heavy atom. The van der Waals surface area contributed by atoms with Gasteiger partial charge in [-0.25, -0.2) is 9.59 Å². The van der Waals surface area contributed by atoms with E-state index in [0.29, 0.717) is 17.8 Å². The van der Waals surface area contributed by atoms with Crippen LogP contribution in [0, 0.1) is 0 Å². The molecule has 0 saturated heterocycles. The van der Waals surface area contributed by atoms with E-state index in [1.165, 1.54) is 23.8 Å². The van der Waals surface area contributed by atoms with E-state index in [-0.39, 0.29) is 16.9 Å². The number of rotatable bonds is 7. The van der Waals surface area contributed by atoms with Gasteiger partial charge in [0.15, 0.2) is 0 Å². The Hall–Kier alpha value is -3.67. The number of hydrogen-bond acceptors (Lipinski definition) is 5. The quantitative estimate of drug-likeness (QED) is 0.260. The van der Waals surface area contributed by atoms with Crippen LogP contribution in [0.15, 0.2) is 63.8 Å². The molecule has 0 atom stereocenters. The van der Waals surface area contributed by atoms with Crippen molar-refractivity contribution in [2.24, 2.45) is 0 Å². The van der Waals surface area contributed by atoms with Crippen LogP contribution in [0.5, 0.6) is 5.75 Å². The monoisotopic (exact) mass is 419 g/mol. The Kier molecular flexibility index (Phi) is 7.03. The zero-order valence-corrected chi connectivity index (χ0v) is 17.8. The first-order valence-electron chi connectivity index (χ1n) is 10.2. The standard InChI is InChI=1S/C25H25NO5/c1-4-13-26-24(28)21-14-19-10-11-20(15-22(19)31-25(21)29)30-23(27)12-7-17-5-8-18(9-6-17)16(2)3/h5-12,14-16H,4,13H2,1-3H3,(H,26,28)/b12-7+. The number of benzene rings is 2. The lowest BCUT2D eigenvalue weighted by Gasteiger charge is -2.06. The van der Waals surface area contributed by atoms with E-state index < -0.39 is 17.5 Å². The van der Waals surface area contributed by atoms with Gasteiger partial charge in [0.25, 0.3) is 5.91 Å². The van der Waals surface area contributed by atoms with Crippen LogP contribution in [-0.4, -0.2) is 18.4 Å². The Labute approximate surface area is 180 Å². The van der Waals surface area contributed by atoms with Crippen molar-refractivity contribution in [3.63, 3.8) is 0 Å². The van der Waals surface area contributed by atoms with Crippen LogP contribution in [0.1, 0.15) is 54.6 Å². The van der Waals surface area contributed by atoms with Gasteiger partial charge in [0.1, 0.15) is 16.9 Å². The fourth-order valence-electron chi connectivity index (χ4n) is 2.95. The highest BCUT2D eigenvalue weighted by Gasteiger charge is 2.14. The Morgan fingerprint density at radius 3 is 2.52 bits per heavy atom. The van der Waals surface area contributed by atoms with Crippen molar-refractivity contribution in [3.05, 3.63) is 81.7 Å². The average molecular weight is 419 g/mol. The SMILES string of the molecule is CCCNC(=O)c1cc2ccc(OC(=O)/C=C/c3ccc(C(C)C)cc3)cc2oc1=O. The molecule has 6 nitrogen and oxygen atoms in total. The van der Waals surface area contributed by atoms with Gasteiger partial charge in [-0.1, -0.05) is 45.0 Å². The van der Waals surface area contributed by atoms with E-state index in [1.807, 2.05) is 31.2 Å². The van der Waals surface area contributed by atoms with E-state index in [0.717, 1.165) is 12.0 Å². The molecule has 1 N–H and O–H groups in total. The summed E-state index contributed by atoms with van der Waals surface area (Å²) in [6.45, 7) is 6.63. The highest BCUT2D eigenvalue weighted by Crippen LogP contribution is 2.21. The molecular weight excluding hydrogens is 394 g/mol. The highest BCUT2D eigenvalue weighted by molar-refractivity contribution is 5.97. The molecule has 0 aliphatic carbocycles. The molecule has 6 heteroatoms. The molecule has 1 amide bonds. The molecule has 3 aromatic rings. The van der Waals surface area contributed by atoms with Crippen molar-refractivity contribution in [2.75, 3.05) is 6.54 Å². The van der Waals surface area contributed by atoms with Gasteiger partial charge in [0.05, 0.1) is 0 Å². The number of fused-ring (bicyclic) bond motifs is 1. The highest BCUT2D eigenvalue weighted by atomic mass is 16.5. The molecule has 0 radical (unpaired) electrons. The van der Waals surface area contributed by atoms with Crippen molar-refractivity contribution in [3.8, 4) is 5.75 Å². The van der Waals surface area contributed by atoms with Crippen LogP contribution in [0.25, 0.3) is 17.0 Å². The third-order valence-corrected chi connectivity index (χ3v) is 4.72. The lowest BCUT2D eigenvalue weighted by Crippen LogP contribution is -2.28. The summed E-state index contributed by atoms with van der Waals surface area (Å²) in [6.07, 6.45) is 3.78. The molecular formula is C25H25NO5. The number of esters is 1. The summed E-state index contributed by atoms with van der Waals surface area (Å²) in [5.41, 5.74) is 1.55. The Bertz CT molecular complexity index is 1170. The number of hydrogen-bond donors (Lipinski definition) is 1. The third-order valence-electron chi connectivity index (χ3n) is 4.72. The number of carbonyl (C=O) groups is 2. The second-order valence-electron chi connectivity index (χ2n) is 7.48. The summed E-state index contributed by atoms with van der Waals surface area (Å²) in [4.78, 5) is 36.4. The van der Waals surface area contributed by atoms with Crippen LogP contribution >= 0.6 is 0 Å². The van der Waals surface area contributed by atoms with Crippen LogP contribution < -0.4 is 15.7 Å². The van der Waals surface area contributed by atoms with E-state index in [2.05, 4.69) is 19.2 Å². The zero-order valence-electron chi connectivity index (χ0n) is 17.8. The number of ether oxygens (including phenoxy) is 1. The van der Waals surface area contributed by atoms with Crippen molar-refractivity contribution >= 4 is 28.9 Å². The van der Waals surface area contributed by atoms with Crippen molar-refractivity contribution < 1.29 is 18.7 Å². The lowest BCUT2D eigenvalue weighted by atomic mass is 10.0. The zero-order chi connectivity index (χ0) is 22.4. The van der Waals surface area contributed by atoms with Gasteiger partial charge in [-0.05, 0) is 47.7 Å². The van der Waals surface area contributed by atoms with E-state index in [1.54, 1.807) is 18.2 Å². The molecule has 1 aromatic heterocycles. The number of nitrogens with one attached hydrogen (secondary N) is 1. The fourth-order valence-corrected chi connectivity index (χ4v) is 2.95. The second-order valence-corrected chi connectivity index (χ2v) is 7.48. The minimum atomic E-state index is -0.741. The lowest BCUT2D eigenvalue weighted by molar-refractivity contribution is -0.128. The molecule has 0 unspecified atom stereocenters. The van der Waals surface area contributed by atoms with Crippen LogP contribution in [0.4, 0.5) is 0 Å². The Morgan fingerprint density at radius 2 is 1.84 bits per heavy atom. The first-order chi connectivity index (χ1) is 14.9. The maximum absolute atomic E-state index is 12.2. The van der Waals surface area contributed by atoms with Gasteiger partial charge in [0, 0.05) is 24.1 Å². The molecule has 31 heavy (non-hydrogen) atoms. The molecule has 0 bridgehead atoms. The average Bonchev–Trinajstić information content (AvgIpc) is 2.75. The first kappa shape index (κ1) is 22.0. The Balaban J connectivity index is 1.72. The van der Waals surface area contributed by atoms with Crippen LogP contribution in [0.2, 0.25) is 0 Å². The summed E-state index contributed by atoms with van der Waals surface area (Å²) in [7, 11) is 0. The largest absolute Gasteiger partial charge is 0.423 e. The maximum Gasteiger partial charge on any atom is 0.349 e. The normalized spacial score (nSPS) is 11.2. The maximum atomic E-state index is 12.2. The predicted molar refractivity (Wildman–Crippen MR) is 120 cm³/mol. The van der Waals surface area contributed by atoms with Crippen LogP contribution in [-0.2, 0) is 4.79 Å². The molecule has 0 spiro atoms. The summed E-state index contributed by atoms with van der Waals surface area (Å²) in [5, 5.41) is 3.21. The van der Waals surface area contributed by atoms with Crippen molar-refractivity contribution in [1.29, 1.82) is 0 Å². The molecule has 0 aliphatic heterocycles. The smallest absolute Gasteiger partial charge is 0.349 e. The van der Waals surface area contributed by atoms with E-state index >= 15 is 0 Å². The molecule has 160 valence electrons. The predicted octanol–water partition coefficient (Wildman–Crippen LogP) is 4.68. The summed E-state index contributed by atoms with van der Waals surface area (Å²) >= 11 is 0. The minimum absolute atomic E-state index is 0.0582. The van der Waals surface area contributed by atoms with Gasteiger partial charge in [-0.2, -0.15) is 0 Å². The number of carbonyl (C=O) groups excluding carboxylic acids is 2. The molecule has 0 aliphatic rings. The van der Waals surface area contributed by atoms with Crippen LogP contribution in [0.3, 0.4) is 0 Å². The van der Waals surface area contributed by atoms with Gasteiger partial charge >= 0.3 is 11.6 Å². The molecule has 2 aromatic carbocycles. The molecule has 3 rings (SSSR count). The van der Waals surface area contributed by atoms with Gasteiger partial charge in [-0.3, -0.25) is 4.79 Å². The van der Waals surface area contributed by atoms with Crippen molar-refractivity contribution in [1.82, 2.24) is 5.32 Å². The summed E-state index contributed by atoms with van der Waals surface area (Å²) < 4.78 is 10.6. The van der Waals surface area contributed by atoms with Gasteiger partial charge in [-0.15, -0.1) is 0 Å². The van der Waals surface area contributed by atoms with Gasteiger partial charge in [0.2, 0.25) is 0 Å². The fraction of sp³-hybridized carbons (Fsp3) is 0.240.